The summed E-state index contributed by atoms with van der Waals surface area (Å²) in [5, 5.41) is 0.653. The Balaban J connectivity index is 0.000000180. The predicted molar refractivity (Wildman–Crippen MR) is 78.7 cm³/mol. The minimum atomic E-state index is 0.653. The Kier molecular flexibility index (Phi) is 6.61. The molecule has 0 radical (unpaired) electrons. The summed E-state index contributed by atoms with van der Waals surface area (Å²) in [6.45, 7) is 0. The topological polar surface area (TPSA) is 18.5 Å². The normalized spacial score (nSPS) is 9.11. The molecule has 0 amide bonds. The van der Waals surface area contributed by atoms with E-state index in [2.05, 4.69) is 15.9 Å². The highest BCUT2D eigenvalue weighted by atomic mass is 79.9. The summed E-state index contributed by atoms with van der Waals surface area (Å²) in [4.78, 5) is 0. The van der Waals surface area contributed by atoms with Gasteiger partial charge in [-0.3, -0.25) is 0 Å². The quantitative estimate of drug-likeness (QED) is 0.787. The molecule has 2 aromatic rings. The summed E-state index contributed by atoms with van der Waals surface area (Å²) in [5.41, 5.74) is 0. The molecule has 2 nitrogen and oxygen atoms in total. The molecule has 0 N–H and O–H groups in total. The number of hydrogen-bond acceptors (Lipinski definition) is 2. The molecule has 0 fully saturated rings. The highest BCUT2D eigenvalue weighted by molar-refractivity contribution is 9.10. The van der Waals surface area contributed by atoms with Crippen molar-refractivity contribution in [1.82, 2.24) is 0 Å². The first-order chi connectivity index (χ1) is 8.69. The molecule has 0 saturated heterocycles. The Bertz CT molecular complexity index is 443. The maximum Gasteiger partial charge on any atom is 0.137 e. The van der Waals surface area contributed by atoms with Crippen LogP contribution < -0.4 is 9.47 Å². The van der Waals surface area contributed by atoms with E-state index in [0.29, 0.717) is 5.02 Å². The molecule has 2 aromatic carbocycles. The van der Waals surface area contributed by atoms with Gasteiger partial charge < -0.3 is 9.47 Å². The van der Waals surface area contributed by atoms with Crippen LogP contribution in [0.15, 0.2) is 53.0 Å². The van der Waals surface area contributed by atoms with Crippen LogP contribution in [0.4, 0.5) is 0 Å². The van der Waals surface area contributed by atoms with E-state index in [-0.39, 0.29) is 0 Å². The smallest absolute Gasteiger partial charge is 0.137 e. The first-order valence-corrected chi connectivity index (χ1v) is 6.43. The van der Waals surface area contributed by atoms with Gasteiger partial charge in [0, 0.05) is 0 Å². The lowest BCUT2D eigenvalue weighted by Gasteiger charge is -1.99. The van der Waals surface area contributed by atoms with Crippen molar-refractivity contribution in [3.63, 3.8) is 0 Å². The molecule has 18 heavy (non-hydrogen) atoms. The number of ether oxygens (including phenoxy) is 2. The second kappa shape index (κ2) is 8.01. The van der Waals surface area contributed by atoms with Crippen molar-refractivity contribution in [2.75, 3.05) is 14.2 Å². The molecule has 0 aliphatic rings. The van der Waals surface area contributed by atoms with Gasteiger partial charge in [0.2, 0.25) is 0 Å². The molecular weight excluding hydrogens is 316 g/mol. The van der Waals surface area contributed by atoms with Gasteiger partial charge in [0.1, 0.15) is 11.5 Å². The summed E-state index contributed by atoms with van der Waals surface area (Å²) in [5.74, 6) is 1.59. The zero-order chi connectivity index (χ0) is 13.4. The lowest BCUT2D eigenvalue weighted by Crippen LogP contribution is -1.81. The van der Waals surface area contributed by atoms with Gasteiger partial charge >= 0.3 is 0 Å². The molecule has 0 aromatic heterocycles. The van der Waals surface area contributed by atoms with Crippen LogP contribution in [0.25, 0.3) is 0 Å². The van der Waals surface area contributed by atoms with Crippen LogP contribution >= 0.6 is 27.5 Å². The highest BCUT2D eigenvalue weighted by Crippen LogP contribution is 2.22. The predicted octanol–water partition coefficient (Wildman–Crippen LogP) is 4.81. The van der Waals surface area contributed by atoms with Gasteiger partial charge in [-0.1, -0.05) is 35.9 Å². The van der Waals surface area contributed by atoms with E-state index >= 15 is 0 Å². The van der Waals surface area contributed by atoms with Crippen molar-refractivity contribution in [3.8, 4) is 11.5 Å². The summed E-state index contributed by atoms with van der Waals surface area (Å²) < 4.78 is 10.9. The number of benzene rings is 2. The number of halogens is 2. The summed E-state index contributed by atoms with van der Waals surface area (Å²) >= 11 is 9.03. The summed E-state index contributed by atoms with van der Waals surface area (Å²) in [7, 11) is 3.25. The van der Waals surface area contributed by atoms with Crippen LogP contribution in [0.1, 0.15) is 0 Å². The standard InChI is InChI=1S/C7H7BrO.C7H7ClO/c2*1-9-7-5-3-2-4-6(7)8/h2*2-5H,1H3. The monoisotopic (exact) mass is 328 g/mol. The second-order valence-electron chi connectivity index (χ2n) is 3.27. The Morgan fingerprint density at radius 1 is 0.833 bits per heavy atom. The van der Waals surface area contributed by atoms with E-state index < -0.39 is 0 Å². The zero-order valence-electron chi connectivity index (χ0n) is 10.2. The van der Waals surface area contributed by atoms with Gasteiger partial charge in [0.25, 0.3) is 0 Å². The lowest BCUT2D eigenvalue weighted by atomic mass is 10.3. The van der Waals surface area contributed by atoms with Crippen molar-refractivity contribution in [2.45, 2.75) is 0 Å². The maximum atomic E-state index is 5.70. The largest absolute Gasteiger partial charge is 0.496 e. The fourth-order valence-electron chi connectivity index (χ4n) is 1.22. The first-order valence-electron chi connectivity index (χ1n) is 5.26. The number of rotatable bonds is 2. The third-order valence-electron chi connectivity index (χ3n) is 2.11. The molecule has 0 heterocycles. The Morgan fingerprint density at radius 3 is 1.72 bits per heavy atom. The minimum absolute atomic E-state index is 0.653. The molecule has 0 spiro atoms. The average molecular weight is 330 g/mol. The molecule has 96 valence electrons. The van der Waals surface area contributed by atoms with Crippen molar-refractivity contribution in [2.24, 2.45) is 0 Å². The molecule has 4 heteroatoms. The van der Waals surface area contributed by atoms with Gasteiger partial charge in [0.05, 0.1) is 23.7 Å². The fraction of sp³-hybridized carbons (Fsp3) is 0.143. The highest BCUT2D eigenvalue weighted by Gasteiger charge is 1.94. The van der Waals surface area contributed by atoms with Crippen LogP contribution in [-0.2, 0) is 0 Å². The van der Waals surface area contributed by atoms with Crippen molar-refractivity contribution in [3.05, 3.63) is 58.0 Å². The van der Waals surface area contributed by atoms with Crippen molar-refractivity contribution < 1.29 is 9.47 Å². The van der Waals surface area contributed by atoms with E-state index in [4.69, 9.17) is 21.1 Å². The maximum absolute atomic E-state index is 5.70. The van der Waals surface area contributed by atoms with Gasteiger partial charge in [-0.15, -0.1) is 0 Å². The SMILES string of the molecule is COc1ccccc1Br.COc1ccccc1Cl. The van der Waals surface area contributed by atoms with Gasteiger partial charge in [-0.25, -0.2) is 0 Å². The van der Waals surface area contributed by atoms with E-state index in [0.717, 1.165) is 16.0 Å². The number of methoxy groups -OCH3 is 2. The van der Waals surface area contributed by atoms with Gasteiger partial charge in [-0.05, 0) is 40.2 Å². The van der Waals surface area contributed by atoms with E-state index in [9.17, 15) is 0 Å². The molecule has 0 unspecified atom stereocenters. The summed E-state index contributed by atoms with van der Waals surface area (Å²) in [6.07, 6.45) is 0. The molecule has 0 saturated carbocycles. The Hall–Kier alpha value is -1.19. The average Bonchev–Trinajstić information content (AvgIpc) is 2.41. The number of para-hydroxylation sites is 2. The molecule has 0 aliphatic heterocycles. The van der Waals surface area contributed by atoms with Crippen molar-refractivity contribution in [1.29, 1.82) is 0 Å². The van der Waals surface area contributed by atoms with Crippen LogP contribution in [0.5, 0.6) is 11.5 Å². The van der Waals surface area contributed by atoms with Crippen LogP contribution in [0.2, 0.25) is 5.02 Å². The Morgan fingerprint density at radius 2 is 1.33 bits per heavy atom. The van der Waals surface area contributed by atoms with Gasteiger partial charge in [0.15, 0.2) is 0 Å². The zero-order valence-corrected chi connectivity index (χ0v) is 12.5. The minimum Gasteiger partial charge on any atom is -0.496 e. The molecule has 0 atom stereocenters. The van der Waals surface area contributed by atoms with Crippen LogP contribution in [-0.4, -0.2) is 14.2 Å². The van der Waals surface area contributed by atoms with Gasteiger partial charge in [-0.2, -0.15) is 0 Å². The fourth-order valence-corrected chi connectivity index (χ4v) is 1.88. The summed E-state index contributed by atoms with van der Waals surface area (Å²) in [6, 6.07) is 15.1. The van der Waals surface area contributed by atoms with E-state index in [1.165, 1.54) is 0 Å². The first kappa shape index (κ1) is 14.9. The third-order valence-corrected chi connectivity index (χ3v) is 3.08. The van der Waals surface area contributed by atoms with Crippen molar-refractivity contribution >= 4 is 27.5 Å². The second-order valence-corrected chi connectivity index (χ2v) is 4.53. The molecule has 0 bridgehead atoms. The van der Waals surface area contributed by atoms with E-state index in [1.807, 2.05) is 42.5 Å². The van der Waals surface area contributed by atoms with Crippen LogP contribution in [0.3, 0.4) is 0 Å². The van der Waals surface area contributed by atoms with Crippen LogP contribution in [0, 0.1) is 0 Å². The lowest BCUT2D eigenvalue weighted by molar-refractivity contribution is 0.412. The number of hydrogen-bond donors (Lipinski definition) is 0. The molecule has 0 aliphatic carbocycles. The molecular formula is C14H14BrClO2. The third kappa shape index (κ3) is 4.59. The van der Waals surface area contributed by atoms with E-state index in [1.54, 1.807) is 20.3 Å². The Labute approximate surface area is 121 Å². The molecule has 2 rings (SSSR count).